The topological polar surface area (TPSA) is 108 Å². The van der Waals surface area contributed by atoms with E-state index in [4.69, 9.17) is 9.78 Å². The maximum absolute atomic E-state index is 13.0. The second kappa shape index (κ2) is 15.4. The SMILES string of the molecule is C=O.CNCCCNc1nc(Nc2cccc(C)c2)ncc1-c1ccc(CNC(=O)C(C)(C)c2ccc(C)cc2)cc1. The van der Waals surface area contributed by atoms with Gasteiger partial charge in [0.2, 0.25) is 11.9 Å². The van der Waals surface area contributed by atoms with Gasteiger partial charge in [0.15, 0.2) is 0 Å². The van der Waals surface area contributed by atoms with Crippen LogP contribution in [0, 0.1) is 13.8 Å². The summed E-state index contributed by atoms with van der Waals surface area (Å²) < 4.78 is 0. The van der Waals surface area contributed by atoms with Gasteiger partial charge in [0.1, 0.15) is 12.6 Å². The summed E-state index contributed by atoms with van der Waals surface area (Å²) in [6.07, 6.45) is 2.82. The van der Waals surface area contributed by atoms with Gasteiger partial charge in [-0.25, -0.2) is 4.98 Å². The molecule has 4 N–H and O–H groups in total. The molecule has 0 radical (unpaired) electrons. The highest BCUT2D eigenvalue weighted by molar-refractivity contribution is 5.87. The van der Waals surface area contributed by atoms with Crippen molar-refractivity contribution in [3.63, 3.8) is 0 Å². The molecule has 8 heteroatoms. The first-order chi connectivity index (χ1) is 20.3. The lowest BCUT2D eigenvalue weighted by molar-refractivity contribution is -0.125. The molecule has 0 aliphatic rings. The summed E-state index contributed by atoms with van der Waals surface area (Å²) in [4.78, 5) is 30.4. The van der Waals surface area contributed by atoms with Crippen molar-refractivity contribution in [2.45, 2.75) is 46.1 Å². The first-order valence-electron chi connectivity index (χ1n) is 14.1. The Labute approximate surface area is 249 Å². The normalized spacial score (nSPS) is 10.8. The molecule has 4 aromatic rings. The van der Waals surface area contributed by atoms with E-state index in [1.165, 1.54) is 11.1 Å². The maximum Gasteiger partial charge on any atom is 0.230 e. The van der Waals surface area contributed by atoms with Gasteiger partial charge in [0.25, 0.3) is 0 Å². The molecule has 1 amide bonds. The highest BCUT2D eigenvalue weighted by atomic mass is 16.2. The minimum Gasteiger partial charge on any atom is -0.369 e. The summed E-state index contributed by atoms with van der Waals surface area (Å²) in [5.41, 5.74) is 6.64. The molecule has 0 spiro atoms. The molecule has 3 aromatic carbocycles. The molecule has 8 nitrogen and oxygen atoms in total. The fraction of sp³-hybridized carbons (Fsp3) is 0.294. The zero-order valence-electron chi connectivity index (χ0n) is 25.3. The number of hydrogen-bond acceptors (Lipinski definition) is 7. The molecule has 0 saturated heterocycles. The minimum atomic E-state index is -0.618. The second-order valence-electron chi connectivity index (χ2n) is 10.7. The molecule has 220 valence electrons. The minimum absolute atomic E-state index is 0.00131. The highest BCUT2D eigenvalue weighted by Gasteiger charge is 2.29. The van der Waals surface area contributed by atoms with E-state index in [1.54, 1.807) is 0 Å². The third-order valence-electron chi connectivity index (χ3n) is 7.02. The Morgan fingerprint density at radius 2 is 1.62 bits per heavy atom. The van der Waals surface area contributed by atoms with E-state index in [0.717, 1.165) is 53.3 Å². The van der Waals surface area contributed by atoms with Gasteiger partial charge in [-0.1, -0.05) is 66.2 Å². The summed E-state index contributed by atoms with van der Waals surface area (Å²) in [6.45, 7) is 12.2. The van der Waals surface area contributed by atoms with E-state index in [2.05, 4.69) is 57.4 Å². The second-order valence-corrected chi connectivity index (χ2v) is 10.7. The van der Waals surface area contributed by atoms with Crippen LogP contribution in [0.3, 0.4) is 0 Å². The van der Waals surface area contributed by atoms with Crippen LogP contribution in [0.2, 0.25) is 0 Å². The number of carbonyl (C=O) groups excluding carboxylic acids is 2. The lowest BCUT2D eigenvalue weighted by Gasteiger charge is -2.24. The summed E-state index contributed by atoms with van der Waals surface area (Å²) in [5, 5.41) is 13.1. The van der Waals surface area contributed by atoms with Crippen LogP contribution >= 0.6 is 0 Å². The van der Waals surface area contributed by atoms with E-state index in [0.29, 0.717) is 12.5 Å². The zero-order chi connectivity index (χ0) is 30.5. The van der Waals surface area contributed by atoms with Gasteiger partial charge in [0, 0.05) is 30.5 Å². The Kier molecular flexibility index (Phi) is 11.8. The summed E-state index contributed by atoms with van der Waals surface area (Å²) >= 11 is 0. The van der Waals surface area contributed by atoms with E-state index in [1.807, 2.05) is 89.3 Å². The van der Waals surface area contributed by atoms with Crippen LogP contribution < -0.4 is 21.3 Å². The number of nitrogens with zero attached hydrogens (tertiary/aromatic N) is 2. The van der Waals surface area contributed by atoms with Crippen LogP contribution in [0.4, 0.5) is 17.5 Å². The van der Waals surface area contributed by atoms with Crippen molar-refractivity contribution in [3.05, 3.63) is 101 Å². The molecule has 4 rings (SSSR count). The van der Waals surface area contributed by atoms with E-state index >= 15 is 0 Å². The average molecular weight is 567 g/mol. The number of aryl methyl sites for hydroxylation is 2. The maximum atomic E-state index is 13.0. The molecule has 0 fully saturated rings. The molecule has 0 aliphatic carbocycles. The van der Waals surface area contributed by atoms with Crippen LogP contribution in [0.1, 0.15) is 42.5 Å². The third kappa shape index (κ3) is 8.72. The van der Waals surface area contributed by atoms with Crippen LogP contribution in [0.5, 0.6) is 0 Å². The summed E-state index contributed by atoms with van der Waals surface area (Å²) in [7, 11) is 1.95. The number of amides is 1. The third-order valence-corrected chi connectivity index (χ3v) is 7.02. The van der Waals surface area contributed by atoms with Crippen LogP contribution in [-0.4, -0.2) is 42.8 Å². The standard InChI is InChI=1S/C33H40N6O.CH2O/c1-23-10-16-27(17-11-23)33(3,4)31(40)36-21-25-12-14-26(15-13-25)29-22-37-32(38-28-9-6-8-24(2)20-28)39-30(29)35-19-7-18-34-5;1-2/h6,8-17,20,22,34H,7,18-19,21H2,1-5H3,(H,36,40)(H2,35,37,38,39);1H2. The molecular formula is C34H42N6O2. The Bertz CT molecular complexity index is 1440. The largest absolute Gasteiger partial charge is 0.369 e. The van der Waals surface area contributed by atoms with Crippen molar-refractivity contribution in [2.75, 3.05) is 30.8 Å². The number of aromatic nitrogens is 2. The molecule has 0 atom stereocenters. The van der Waals surface area contributed by atoms with Crippen molar-refractivity contribution >= 4 is 30.1 Å². The van der Waals surface area contributed by atoms with Crippen molar-refractivity contribution in [1.82, 2.24) is 20.6 Å². The predicted molar refractivity (Wildman–Crippen MR) is 172 cm³/mol. The van der Waals surface area contributed by atoms with Crippen LogP contribution in [0.15, 0.2) is 79.0 Å². The summed E-state index contributed by atoms with van der Waals surface area (Å²) in [5.74, 6) is 1.32. The average Bonchev–Trinajstić information content (AvgIpc) is 3.00. The van der Waals surface area contributed by atoms with Gasteiger partial charge >= 0.3 is 0 Å². The van der Waals surface area contributed by atoms with Gasteiger partial charge in [0.05, 0.1) is 5.41 Å². The predicted octanol–water partition coefficient (Wildman–Crippen LogP) is 5.93. The lowest BCUT2D eigenvalue weighted by atomic mass is 9.83. The van der Waals surface area contributed by atoms with Gasteiger partial charge in [-0.15, -0.1) is 0 Å². The van der Waals surface area contributed by atoms with E-state index in [-0.39, 0.29) is 5.91 Å². The first kappa shape index (κ1) is 32.0. The van der Waals surface area contributed by atoms with E-state index < -0.39 is 5.41 Å². The highest BCUT2D eigenvalue weighted by Crippen LogP contribution is 2.28. The van der Waals surface area contributed by atoms with E-state index in [9.17, 15) is 4.79 Å². The Balaban J connectivity index is 0.00000237. The van der Waals surface area contributed by atoms with Gasteiger partial charge in [-0.3, -0.25) is 4.79 Å². The molecule has 1 heterocycles. The monoisotopic (exact) mass is 566 g/mol. The summed E-state index contributed by atoms with van der Waals surface area (Å²) in [6, 6.07) is 24.5. The number of benzene rings is 3. The quantitative estimate of drug-likeness (QED) is 0.157. The van der Waals surface area contributed by atoms with Crippen molar-refractivity contribution in [2.24, 2.45) is 0 Å². The molecule has 42 heavy (non-hydrogen) atoms. The number of rotatable bonds is 12. The molecular weight excluding hydrogens is 524 g/mol. The van der Waals surface area contributed by atoms with Gasteiger partial charge in [-0.2, -0.15) is 4.98 Å². The van der Waals surface area contributed by atoms with Gasteiger partial charge in [-0.05, 0) is 82.1 Å². The Morgan fingerprint density at radius 3 is 2.29 bits per heavy atom. The van der Waals surface area contributed by atoms with Crippen molar-refractivity contribution < 1.29 is 9.59 Å². The Morgan fingerprint density at radius 1 is 0.905 bits per heavy atom. The molecule has 0 unspecified atom stereocenters. The smallest absolute Gasteiger partial charge is 0.230 e. The number of carbonyl (C=O) groups is 2. The van der Waals surface area contributed by atoms with Crippen LogP contribution in [-0.2, 0) is 21.5 Å². The molecule has 0 saturated carbocycles. The molecule has 0 aliphatic heterocycles. The zero-order valence-corrected chi connectivity index (χ0v) is 25.3. The number of hydrogen-bond donors (Lipinski definition) is 4. The molecule has 0 bridgehead atoms. The molecule has 1 aromatic heterocycles. The van der Waals surface area contributed by atoms with Crippen LogP contribution in [0.25, 0.3) is 11.1 Å². The lowest BCUT2D eigenvalue weighted by Crippen LogP contribution is -2.39. The first-order valence-corrected chi connectivity index (χ1v) is 14.1. The fourth-order valence-corrected chi connectivity index (χ4v) is 4.42. The van der Waals surface area contributed by atoms with Crippen molar-refractivity contribution in [1.29, 1.82) is 0 Å². The van der Waals surface area contributed by atoms with Gasteiger partial charge < -0.3 is 26.1 Å². The fourth-order valence-electron chi connectivity index (χ4n) is 4.42. The number of nitrogens with one attached hydrogen (secondary N) is 4. The number of anilines is 3. The Hall–Kier alpha value is -4.56. The van der Waals surface area contributed by atoms with Crippen molar-refractivity contribution in [3.8, 4) is 11.1 Å².